The van der Waals surface area contributed by atoms with Gasteiger partial charge in [-0.05, 0) is 43.4 Å². The SMILES string of the molecule is COc1ccc(C)cc1S(=O)(=O)N1CC[C@@H](O)[C@@](CC2CC2)(C(=O)O)C1. The van der Waals surface area contributed by atoms with Gasteiger partial charge >= 0.3 is 5.97 Å². The van der Waals surface area contributed by atoms with Crippen molar-refractivity contribution in [1.82, 2.24) is 4.31 Å². The number of carboxylic acids is 1. The molecule has 0 bridgehead atoms. The first-order valence-electron chi connectivity index (χ1n) is 8.77. The van der Waals surface area contributed by atoms with Gasteiger partial charge in [-0.15, -0.1) is 0 Å². The Kier molecular flexibility index (Phi) is 5.02. The standard InChI is InChI=1S/C18H25NO6S/c1-12-3-6-14(25-2)15(9-12)26(23,24)19-8-7-16(20)18(11-19,17(21)22)10-13-4-5-13/h3,6,9,13,16,20H,4-5,7-8,10-11H2,1-2H3,(H,21,22)/t16-,18+/m1/s1. The van der Waals surface area contributed by atoms with E-state index in [-0.39, 0.29) is 36.1 Å². The Bertz CT molecular complexity index is 804. The topological polar surface area (TPSA) is 104 Å². The molecule has 2 fully saturated rings. The number of aryl methyl sites for hydroxylation is 1. The number of aliphatic hydroxyl groups is 1. The predicted molar refractivity (Wildman–Crippen MR) is 94.5 cm³/mol. The maximum absolute atomic E-state index is 13.2. The molecular weight excluding hydrogens is 358 g/mol. The molecule has 0 unspecified atom stereocenters. The van der Waals surface area contributed by atoms with Gasteiger partial charge in [-0.3, -0.25) is 4.79 Å². The van der Waals surface area contributed by atoms with Crippen molar-refractivity contribution < 1.29 is 28.2 Å². The number of hydrogen-bond acceptors (Lipinski definition) is 5. The molecule has 3 rings (SSSR count). The van der Waals surface area contributed by atoms with Crippen LogP contribution in [-0.2, 0) is 14.8 Å². The molecule has 7 nitrogen and oxygen atoms in total. The number of methoxy groups -OCH3 is 1. The second-order valence-corrected chi connectivity index (χ2v) is 9.31. The lowest BCUT2D eigenvalue weighted by molar-refractivity contribution is -0.162. The van der Waals surface area contributed by atoms with E-state index in [1.54, 1.807) is 19.1 Å². The highest BCUT2D eigenvalue weighted by atomic mass is 32.2. The zero-order valence-electron chi connectivity index (χ0n) is 15.0. The Balaban J connectivity index is 1.98. The van der Waals surface area contributed by atoms with Crippen LogP contribution in [0, 0.1) is 18.3 Å². The number of hydrogen-bond donors (Lipinski definition) is 2. The van der Waals surface area contributed by atoms with Gasteiger partial charge in [-0.1, -0.05) is 18.9 Å². The van der Waals surface area contributed by atoms with Gasteiger partial charge < -0.3 is 14.9 Å². The highest BCUT2D eigenvalue weighted by Gasteiger charge is 2.53. The van der Waals surface area contributed by atoms with E-state index in [9.17, 15) is 23.4 Å². The Morgan fingerprint density at radius 1 is 1.35 bits per heavy atom. The third-order valence-corrected chi connectivity index (χ3v) is 7.33. The van der Waals surface area contributed by atoms with Crippen molar-refractivity contribution >= 4 is 16.0 Å². The summed E-state index contributed by atoms with van der Waals surface area (Å²) in [6, 6.07) is 4.88. The lowest BCUT2D eigenvalue weighted by Gasteiger charge is -2.42. The molecule has 8 heteroatoms. The molecule has 2 N–H and O–H groups in total. The third kappa shape index (κ3) is 3.33. The number of rotatable bonds is 6. The van der Waals surface area contributed by atoms with Gasteiger partial charge in [0.15, 0.2) is 0 Å². The molecule has 0 aromatic heterocycles. The lowest BCUT2D eigenvalue weighted by atomic mass is 9.74. The minimum Gasteiger partial charge on any atom is -0.495 e. The number of aliphatic carboxylic acids is 1. The van der Waals surface area contributed by atoms with Crippen LogP contribution in [0.1, 0.15) is 31.2 Å². The molecule has 1 aliphatic heterocycles. The summed E-state index contributed by atoms with van der Waals surface area (Å²) in [5.74, 6) is -0.658. The Morgan fingerprint density at radius 2 is 2.04 bits per heavy atom. The fourth-order valence-corrected chi connectivity index (χ4v) is 5.47. The van der Waals surface area contributed by atoms with Crippen LogP contribution in [0.25, 0.3) is 0 Å². The molecule has 1 aromatic carbocycles. The summed E-state index contributed by atoms with van der Waals surface area (Å²) < 4.78 is 32.8. The number of ether oxygens (including phenoxy) is 1. The van der Waals surface area contributed by atoms with Gasteiger partial charge in [0.05, 0.1) is 13.2 Å². The van der Waals surface area contributed by atoms with E-state index in [1.807, 2.05) is 0 Å². The lowest BCUT2D eigenvalue weighted by Crippen LogP contribution is -2.57. The molecule has 1 saturated heterocycles. The molecule has 1 heterocycles. The van der Waals surface area contributed by atoms with Crippen molar-refractivity contribution in [2.45, 2.75) is 43.6 Å². The maximum atomic E-state index is 13.2. The van der Waals surface area contributed by atoms with E-state index < -0.39 is 27.5 Å². The fraction of sp³-hybridized carbons (Fsp3) is 0.611. The maximum Gasteiger partial charge on any atom is 0.313 e. The summed E-state index contributed by atoms with van der Waals surface area (Å²) in [4.78, 5) is 12.1. The number of benzene rings is 1. The first-order valence-corrected chi connectivity index (χ1v) is 10.2. The van der Waals surface area contributed by atoms with E-state index in [0.29, 0.717) is 6.42 Å². The van der Waals surface area contributed by atoms with E-state index in [1.165, 1.54) is 17.5 Å². The van der Waals surface area contributed by atoms with Gasteiger partial charge in [-0.2, -0.15) is 4.31 Å². The average molecular weight is 383 g/mol. The van der Waals surface area contributed by atoms with Gasteiger partial charge in [0.2, 0.25) is 10.0 Å². The average Bonchev–Trinajstić information content (AvgIpc) is 3.40. The van der Waals surface area contributed by atoms with Gasteiger partial charge in [0, 0.05) is 13.1 Å². The van der Waals surface area contributed by atoms with Crippen LogP contribution in [-0.4, -0.2) is 55.2 Å². The molecule has 1 aromatic rings. The largest absolute Gasteiger partial charge is 0.495 e. The normalized spacial score (nSPS) is 27.3. The number of aliphatic hydroxyl groups excluding tert-OH is 1. The smallest absolute Gasteiger partial charge is 0.313 e. The zero-order chi connectivity index (χ0) is 19.1. The Morgan fingerprint density at radius 3 is 2.62 bits per heavy atom. The van der Waals surface area contributed by atoms with Gasteiger partial charge in [0.1, 0.15) is 16.1 Å². The van der Waals surface area contributed by atoms with Crippen LogP contribution in [0.15, 0.2) is 23.1 Å². The van der Waals surface area contributed by atoms with Crippen LogP contribution >= 0.6 is 0 Å². The van der Waals surface area contributed by atoms with Crippen molar-refractivity contribution in [2.24, 2.45) is 11.3 Å². The van der Waals surface area contributed by atoms with Crippen LogP contribution in [0.2, 0.25) is 0 Å². The first-order chi connectivity index (χ1) is 12.2. The van der Waals surface area contributed by atoms with Gasteiger partial charge in [-0.25, -0.2) is 8.42 Å². The summed E-state index contributed by atoms with van der Waals surface area (Å²) in [7, 11) is -2.54. The highest BCUT2D eigenvalue weighted by molar-refractivity contribution is 7.89. The van der Waals surface area contributed by atoms with Crippen LogP contribution in [0.3, 0.4) is 0 Å². The van der Waals surface area contributed by atoms with Crippen LogP contribution in [0.4, 0.5) is 0 Å². The molecule has 2 atom stereocenters. The molecule has 144 valence electrons. The number of piperidine rings is 1. The molecule has 0 radical (unpaired) electrons. The van der Waals surface area contributed by atoms with Crippen LogP contribution < -0.4 is 4.74 Å². The summed E-state index contributed by atoms with van der Waals surface area (Å²) in [6.45, 7) is 1.65. The van der Waals surface area contributed by atoms with E-state index in [0.717, 1.165) is 18.4 Å². The van der Waals surface area contributed by atoms with Crippen molar-refractivity contribution in [3.8, 4) is 5.75 Å². The first kappa shape index (κ1) is 19.1. The fourth-order valence-electron chi connectivity index (χ4n) is 3.71. The quantitative estimate of drug-likeness (QED) is 0.774. The third-order valence-electron chi connectivity index (χ3n) is 5.46. The van der Waals surface area contributed by atoms with Crippen LogP contribution in [0.5, 0.6) is 5.75 Å². The van der Waals surface area contributed by atoms with Crippen molar-refractivity contribution in [1.29, 1.82) is 0 Å². The predicted octanol–water partition coefficient (Wildman–Crippen LogP) is 1.63. The summed E-state index contributed by atoms with van der Waals surface area (Å²) in [6.07, 6.45) is 1.22. The summed E-state index contributed by atoms with van der Waals surface area (Å²) in [5.41, 5.74) is -0.687. The van der Waals surface area contributed by atoms with E-state index in [2.05, 4.69) is 0 Å². The minimum atomic E-state index is -3.94. The monoisotopic (exact) mass is 383 g/mol. The van der Waals surface area contributed by atoms with E-state index in [4.69, 9.17) is 4.74 Å². The minimum absolute atomic E-state index is 0.0297. The number of nitrogens with zero attached hydrogens (tertiary/aromatic N) is 1. The number of carboxylic acid groups (broad SMARTS) is 1. The van der Waals surface area contributed by atoms with Crippen molar-refractivity contribution in [2.75, 3.05) is 20.2 Å². The molecular formula is C18H25NO6S. The summed E-state index contributed by atoms with van der Waals surface area (Å²) in [5, 5.41) is 20.3. The second kappa shape index (κ2) is 6.83. The van der Waals surface area contributed by atoms with Crippen molar-refractivity contribution in [3.63, 3.8) is 0 Å². The Labute approximate surface area is 153 Å². The molecule has 1 saturated carbocycles. The van der Waals surface area contributed by atoms with E-state index >= 15 is 0 Å². The van der Waals surface area contributed by atoms with Crippen molar-refractivity contribution in [3.05, 3.63) is 23.8 Å². The molecule has 1 aliphatic carbocycles. The summed E-state index contributed by atoms with van der Waals surface area (Å²) >= 11 is 0. The van der Waals surface area contributed by atoms with Gasteiger partial charge in [0.25, 0.3) is 0 Å². The molecule has 2 aliphatic rings. The second-order valence-electron chi connectivity index (χ2n) is 7.41. The number of sulfonamides is 1. The zero-order valence-corrected chi connectivity index (χ0v) is 15.8. The highest BCUT2D eigenvalue weighted by Crippen LogP contribution is 2.46. The molecule has 0 amide bonds. The number of carbonyl (C=O) groups is 1. The molecule has 26 heavy (non-hydrogen) atoms. The Hall–Kier alpha value is -1.64. The molecule has 0 spiro atoms.